The van der Waals surface area contributed by atoms with Crippen LogP contribution in [0, 0.1) is 17.2 Å². The van der Waals surface area contributed by atoms with Gasteiger partial charge in [0.25, 0.3) is 5.91 Å². The summed E-state index contributed by atoms with van der Waals surface area (Å²) in [5.41, 5.74) is 1.81. The maximum Gasteiger partial charge on any atom is 0.279 e. The Kier molecular flexibility index (Phi) is 5.30. The van der Waals surface area contributed by atoms with Crippen LogP contribution in [0.1, 0.15) is 44.1 Å². The van der Waals surface area contributed by atoms with E-state index in [0.717, 1.165) is 23.7 Å². The van der Waals surface area contributed by atoms with Gasteiger partial charge in [0.05, 0.1) is 25.1 Å². The Hall–Kier alpha value is -1.86. The fraction of sp³-hybridized carbons (Fsp3) is 0.579. The lowest BCUT2D eigenvalue weighted by atomic mass is 9.78. The van der Waals surface area contributed by atoms with Crippen LogP contribution in [0.25, 0.3) is 0 Å². The predicted octanol–water partition coefficient (Wildman–Crippen LogP) is 1.93. The summed E-state index contributed by atoms with van der Waals surface area (Å²) < 4.78 is 0. The molecule has 0 bridgehead atoms. The van der Waals surface area contributed by atoms with E-state index in [1.165, 1.54) is 43.4 Å². The Bertz CT molecular complexity index is 573. The van der Waals surface area contributed by atoms with Crippen LogP contribution in [0.2, 0.25) is 0 Å². The Morgan fingerprint density at radius 2 is 1.91 bits per heavy atom. The topological polar surface area (TPSA) is 57.3 Å². The van der Waals surface area contributed by atoms with Crippen molar-refractivity contribution in [3.8, 4) is 6.07 Å². The highest BCUT2D eigenvalue weighted by atomic mass is 16.2. The maximum atomic E-state index is 12.4. The number of quaternary nitrogens is 1. The number of carbonyl (C=O) groups excluding carboxylic acids is 1. The van der Waals surface area contributed by atoms with E-state index >= 15 is 0 Å². The van der Waals surface area contributed by atoms with Crippen LogP contribution in [0.4, 0.5) is 5.69 Å². The summed E-state index contributed by atoms with van der Waals surface area (Å²) in [5.74, 6) is 0.949. The smallest absolute Gasteiger partial charge is 0.279 e. The molecular weight excluding hydrogens is 286 g/mol. The molecule has 2 aliphatic rings. The van der Waals surface area contributed by atoms with Gasteiger partial charge in [-0.1, -0.05) is 18.6 Å². The van der Waals surface area contributed by atoms with Crippen LogP contribution in [-0.2, 0) is 11.2 Å². The Balaban J connectivity index is 1.55. The number of amides is 1. The minimum atomic E-state index is 0.110. The molecule has 122 valence electrons. The molecule has 4 heteroatoms. The largest absolute Gasteiger partial charge is 0.324 e. The van der Waals surface area contributed by atoms with Crippen molar-refractivity contribution < 1.29 is 9.69 Å². The highest BCUT2D eigenvalue weighted by molar-refractivity contribution is 5.91. The van der Waals surface area contributed by atoms with E-state index in [1.807, 2.05) is 24.3 Å². The van der Waals surface area contributed by atoms with Gasteiger partial charge in [0.15, 0.2) is 6.54 Å². The highest BCUT2D eigenvalue weighted by Gasteiger charge is 2.37. The third kappa shape index (κ3) is 4.11. The molecule has 2 fully saturated rings. The molecule has 0 spiro atoms. The van der Waals surface area contributed by atoms with Crippen molar-refractivity contribution in [2.45, 2.75) is 51.0 Å². The van der Waals surface area contributed by atoms with Crippen molar-refractivity contribution in [2.75, 3.05) is 18.4 Å². The van der Waals surface area contributed by atoms with Gasteiger partial charge >= 0.3 is 0 Å². The fourth-order valence-electron chi connectivity index (χ4n) is 4.30. The number of piperidine rings is 1. The number of fused-ring (bicyclic) bond motifs is 1. The van der Waals surface area contributed by atoms with Crippen molar-refractivity contribution in [3.63, 3.8) is 0 Å². The number of hydrogen-bond acceptors (Lipinski definition) is 2. The normalized spacial score (nSPS) is 26.8. The summed E-state index contributed by atoms with van der Waals surface area (Å²) in [6.45, 7) is 1.72. The first-order valence-corrected chi connectivity index (χ1v) is 8.86. The van der Waals surface area contributed by atoms with Crippen molar-refractivity contribution >= 4 is 11.6 Å². The molecule has 1 amide bonds. The van der Waals surface area contributed by atoms with E-state index in [2.05, 4.69) is 11.4 Å². The zero-order chi connectivity index (χ0) is 16.1. The van der Waals surface area contributed by atoms with Gasteiger partial charge in [0, 0.05) is 11.6 Å². The zero-order valence-electron chi connectivity index (χ0n) is 13.7. The molecule has 1 aromatic carbocycles. The molecule has 1 aliphatic carbocycles. The van der Waals surface area contributed by atoms with E-state index in [0.29, 0.717) is 19.0 Å². The van der Waals surface area contributed by atoms with Crippen LogP contribution >= 0.6 is 0 Å². The second-order valence-electron chi connectivity index (χ2n) is 6.96. The van der Waals surface area contributed by atoms with Crippen molar-refractivity contribution in [2.24, 2.45) is 5.92 Å². The molecule has 1 heterocycles. The molecule has 3 rings (SSSR count). The summed E-state index contributed by atoms with van der Waals surface area (Å²) in [4.78, 5) is 13.9. The molecule has 1 saturated heterocycles. The molecular formula is C19H26N3O+. The summed E-state index contributed by atoms with van der Waals surface area (Å²) in [6, 6.07) is 10.4. The summed E-state index contributed by atoms with van der Waals surface area (Å²) in [6.07, 6.45) is 8.37. The molecule has 1 aromatic rings. The van der Waals surface area contributed by atoms with E-state index in [1.54, 1.807) is 0 Å². The number of nitrogens with zero attached hydrogens (tertiary/aromatic N) is 1. The number of anilines is 1. The first kappa shape index (κ1) is 16.0. The van der Waals surface area contributed by atoms with E-state index < -0.39 is 0 Å². The van der Waals surface area contributed by atoms with Gasteiger partial charge in [-0.2, -0.15) is 5.26 Å². The molecule has 3 atom stereocenters. The van der Waals surface area contributed by atoms with Gasteiger partial charge in [-0.05, 0) is 49.8 Å². The predicted molar refractivity (Wildman–Crippen MR) is 90.1 cm³/mol. The third-order valence-electron chi connectivity index (χ3n) is 5.41. The Labute approximate surface area is 138 Å². The minimum absolute atomic E-state index is 0.110. The molecule has 1 unspecified atom stereocenters. The molecule has 23 heavy (non-hydrogen) atoms. The lowest BCUT2D eigenvalue weighted by Crippen LogP contribution is -3.18. The SMILES string of the molecule is N#CCc1ccc(NC(=O)C[NH+]2CCC[C@H]3CCCC[C@@H]32)cc1. The number of nitriles is 1. The number of nitrogens with one attached hydrogen (secondary N) is 2. The minimum Gasteiger partial charge on any atom is -0.324 e. The van der Waals surface area contributed by atoms with Crippen molar-refractivity contribution in [3.05, 3.63) is 29.8 Å². The van der Waals surface area contributed by atoms with Gasteiger partial charge in [0.2, 0.25) is 0 Å². The maximum absolute atomic E-state index is 12.4. The monoisotopic (exact) mass is 312 g/mol. The average Bonchev–Trinajstić information content (AvgIpc) is 2.57. The first-order chi connectivity index (χ1) is 11.3. The molecule has 2 N–H and O–H groups in total. The molecule has 0 aromatic heterocycles. The van der Waals surface area contributed by atoms with Crippen LogP contribution < -0.4 is 10.2 Å². The van der Waals surface area contributed by atoms with E-state index in [-0.39, 0.29) is 5.91 Å². The highest BCUT2D eigenvalue weighted by Crippen LogP contribution is 2.28. The van der Waals surface area contributed by atoms with E-state index in [9.17, 15) is 4.79 Å². The zero-order valence-corrected chi connectivity index (χ0v) is 13.7. The number of likely N-dealkylation sites (tertiary alicyclic amines) is 1. The second-order valence-corrected chi connectivity index (χ2v) is 6.96. The van der Waals surface area contributed by atoms with Crippen LogP contribution in [-0.4, -0.2) is 25.0 Å². The number of rotatable bonds is 4. The van der Waals surface area contributed by atoms with Gasteiger partial charge in [-0.15, -0.1) is 0 Å². The number of carbonyl (C=O) groups is 1. The third-order valence-corrected chi connectivity index (χ3v) is 5.41. The Morgan fingerprint density at radius 1 is 1.17 bits per heavy atom. The summed E-state index contributed by atoms with van der Waals surface area (Å²) in [7, 11) is 0. The van der Waals surface area contributed by atoms with Crippen molar-refractivity contribution in [1.82, 2.24) is 0 Å². The number of hydrogen-bond donors (Lipinski definition) is 2. The van der Waals surface area contributed by atoms with Crippen molar-refractivity contribution in [1.29, 1.82) is 5.26 Å². The molecule has 1 aliphatic heterocycles. The summed E-state index contributed by atoms with van der Waals surface area (Å²) >= 11 is 0. The van der Waals surface area contributed by atoms with Gasteiger partial charge in [0.1, 0.15) is 0 Å². The van der Waals surface area contributed by atoms with Crippen LogP contribution in [0.15, 0.2) is 24.3 Å². The quantitative estimate of drug-likeness (QED) is 0.892. The number of benzene rings is 1. The average molecular weight is 312 g/mol. The lowest BCUT2D eigenvalue weighted by molar-refractivity contribution is -0.928. The first-order valence-electron chi connectivity index (χ1n) is 8.86. The molecule has 0 radical (unpaired) electrons. The fourth-order valence-corrected chi connectivity index (χ4v) is 4.30. The second kappa shape index (κ2) is 7.61. The molecule has 1 saturated carbocycles. The van der Waals surface area contributed by atoms with Crippen LogP contribution in [0.5, 0.6) is 0 Å². The van der Waals surface area contributed by atoms with Gasteiger partial charge in [-0.3, -0.25) is 4.79 Å². The van der Waals surface area contributed by atoms with Gasteiger partial charge < -0.3 is 10.2 Å². The summed E-state index contributed by atoms with van der Waals surface area (Å²) in [5, 5.41) is 11.7. The Morgan fingerprint density at radius 3 is 2.70 bits per heavy atom. The standard InChI is InChI=1S/C19H25N3O/c20-12-11-15-7-9-17(10-8-15)21-19(23)14-22-13-3-5-16-4-1-2-6-18(16)22/h7-10,16,18H,1-6,11,13-14H2,(H,21,23)/p+1/t16-,18+/m1/s1. The van der Waals surface area contributed by atoms with Crippen LogP contribution in [0.3, 0.4) is 0 Å². The molecule has 4 nitrogen and oxygen atoms in total. The lowest BCUT2D eigenvalue weighted by Gasteiger charge is -2.40. The van der Waals surface area contributed by atoms with E-state index in [4.69, 9.17) is 5.26 Å². The van der Waals surface area contributed by atoms with Gasteiger partial charge in [-0.25, -0.2) is 0 Å².